The maximum atomic E-state index is 13.0. The van der Waals surface area contributed by atoms with Crippen molar-refractivity contribution in [2.45, 2.75) is 51.1 Å². The number of carbonyl (C=O) groups excluding carboxylic acids is 1. The minimum absolute atomic E-state index is 0.233. The number of piperidine rings is 1. The van der Waals surface area contributed by atoms with Gasteiger partial charge in [0.1, 0.15) is 0 Å². The van der Waals surface area contributed by atoms with E-state index in [1.807, 2.05) is 16.9 Å². The first-order valence-corrected chi connectivity index (χ1v) is 9.03. The molecule has 0 aromatic carbocycles. The van der Waals surface area contributed by atoms with E-state index in [4.69, 9.17) is 0 Å². The molecule has 0 spiro atoms. The van der Waals surface area contributed by atoms with Crippen LogP contribution in [0.2, 0.25) is 0 Å². The molecule has 1 aliphatic carbocycles. The molecule has 2 aliphatic rings. The summed E-state index contributed by atoms with van der Waals surface area (Å²) in [6.07, 6.45) is 10.7. The maximum Gasteiger partial charge on any atom is 0.264 e. The van der Waals surface area contributed by atoms with Gasteiger partial charge in [-0.15, -0.1) is 11.3 Å². The summed E-state index contributed by atoms with van der Waals surface area (Å²) in [5.41, 5.74) is 1.41. The molecule has 0 saturated carbocycles. The highest BCUT2D eigenvalue weighted by Crippen LogP contribution is 2.32. The average Bonchev–Trinajstić information content (AvgIpc) is 3.23. The number of thiophene rings is 1. The Morgan fingerprint density at radius 2 is 2.27 bits per heavy atom. The monoisotopic (exact) mass is 315 g/mol. The minimum Gasteiger partial charge on any atom is -0.333 e. The zero-order chi connectivity index (χ0) is 14.9. The van der Waals surface area contributed by atoms with E-state index in [1.54, 1.807) is 17.5 Å². The Bertz CT molecular complexity index is 640. The summed E-state index contributed by atoms with van der Waals surface area (Å²) in [7, 11) is 0. The fraction of sp³-hybridized carbons (Fsp3) is 0.529. The van der Waals surface area contributed by atoms with Crippen LogP contribution in [0.15, 0.2) is 24.5 Å². The zero-order valence-corrected chi connectivity index (χ0v) is 13.5. The quantitative estimate of drug-likeness (QED) is 0.873. The molecule has 1 fully saturated rings. The topological polar surface area (TPSA) is 38.1 Å². The van der Waals surface area contributed by atoms with E-state index in [9.17, 15) is 4.79 Å². The van der Waals surface area contributed by atoms with Gasteiger partial charge in [-0.25, -0.2) is 0 Å². The van der Waals surface area contributed by atoms with Crippen LogP contribution in [0.1, 0.15) is 45.8 Å². The number of hydrogen-bond donors (Lipinski definition) is 0. The standard InChI is InChI=1S/C17H21N3OS/c21-17(16-11-13-5-3-7-15(13)22-16)20-10-2-1-6-14(20)12-19-9-4-8-18-19/h4,8-9,11,14H,1-3,5-7,10,12H2/t14-/m1/s1. The third-order valence-corrected chi connectivity index (χ3v) is 6.03. The van der Waals surface area contributed by atoms with E-state index in [-0.39, 0.29) is 11.9 Å². The molecule has 0 bridgehead atoms. The fourth-order valence-electron chi connectivity index (χ4n) is 3.66. The normalized spacial score (nSPS) is 21.1. The van der Waals surface area contributed by atoms with Gasteiger partial charge in [0.25, 0.3) is 5.91 Å². The molecule has 5 heteroatoms. The highest BCUT2D eigenvalue weighted by molar-refractivity contribution is 7.14. The van der Waals surface area contributed by atoms with Gasteiger partial charge < -0.3 is 4.90 Å². The van der Waals surface area contributed by atoms with Gasteiger partial charge in [0.05, 0.1) is 17.5 Å². The molecule has 4 rings (SSSR count). The Morgan fingerprint density at radius 1 is 1.32 bits per heavy atom. The van der Waals surface area contributed by atoms with Crippen molar-refractivity contribution in [3.05, 3.63) is 39.8 Å². The highest BCUT2D eigenvalue weighted by atomic mass is 32.1. The smallest absolute Gasteiger partial charge is 0.264 e. The number of hydrogen-bond acceptors (Lipinski definition) is 3. The molecular weight excluding hydrogens is 294 g/mol. The lowest BCUT2D eigenvalue weighted by Crippen LogP contribution is -2.45. The van der Waals surface area contributed by atoms with Crippen molar-refractivity contribution in [1.82, 2.24) is 14.7 Å². The highest BCUT2D eigenvalue weighted by Gasteiger charge is 2.29. The van der Waals surface area contributed by atoms with Crippen molar-refractivity contribution >= 4 is 17.2 Å². The van der Waals surface area contributed by atoms with Crippen LogP contribution in [-0.4, -0.2) is 33.2 Å². The lowest BCUT2D eigenvalue weighted by atomic mass is 10.0. The first-order chi connectivity index (χ1) is 10.8. The fourth-order valence-corrected chi connectivity index (χ4v) is 4.87. The molecule has 4 nitrogen and oxygen atoms in total. The van der Waals surface area contributed by atoms with Gasteiger partial charge in [0, 0.05) is 23.8 Å². The second-order valence-corrected chi connectivity index (χ2v) is 7.43. The van der Waals surface area contributed by atoms with Gasteiger partial charge in [-0.1, -0.05) is 0 Å². The molecule has 1 aliphatic heterocycles. The average molecular weight is 315 g/mol. The van der Waals surface area contributed by atoms with Crippen molar-refractivity contribution in [2.24, 2.45) is 0 Å². The van der Waals surface area contributed by atoms with E-state index in [0.29, 0.717) is 0 Å². The van der Waals surface area contributed by atoms with E-state index < -0.39 is 0 Å². The van der Waals surface area contributed by atoms with E-state index in [2.05, 4.69) is 16.1 Å². The molecule has 1 atom stereocenters. The van der Waals surface area contributed by atoms with Crippen LogP contribution in [0.4, 0.5) is 0 Å². The summed E-state index contributed by atoms with van der Waals surface area (Å²) in [4.78, 5) is 17.4. The number of amides is 1. The molecule has 1 saturated heterocycles. The number of likely N-dealkylation sites (tertiary alicyclic amines) is 1. The molecule has 1 amide bonds. The van der Waals surface area contributed by atoms with Gasteiger partial charge in [-0.05, 0) is 56.2 Å². The van der Waals surface area contributed by atoms with Crippen LogP contribution >= 0.6 is 11.3 Å². The summed E-state index contributed by atoms with van der Waals surface area (Å²) < 4.78 is 1.95. The van der Waals surface area contributed by atoms with Crippen molar-refractivity contribution in [3.8, 4) is 0 Å². The maximum absolute atomic E-state index is 13.0. The molecule has 116 valence electrons. The number of rotatable bonds is 3. The third kappa shape index (κ3) is 2.58. The summed E-state index contributed by atoms with van der Waals surface area (Å²) in [6, 6.07) is 4.37. The number of fused-ring (bicyclic) bond motifs is 1. The Kier molecular flexibility index (Phi) is 3.74. The number of carbonyl (C=O) groups is 1. The van der Waals surface area contributed by atoms with E-state index in [1.165, 1.54) is 23.3 Å². The van der Waals surface area contributed by atoms with Gasteiger partial charge in [0.15, 0.2) is 0 Å². The van der Waals surface area contributed by atoms with Crippen LogP contribution in [0.3, 0.4) is 0 Å². The zero-order valence-electron chi connectivity index (χ0n) is 12.7. The predicted molar refractivity (Wildman–Crippen MR) is 87.2 cm³/mol. The lowest BCUT2D eigenvalue weighted by Gasteiger charge is -2.35. The van der Waals surface area contributed by atoms with E-state index in [0.717, 1.165) is 43.6 Å². The van der Waals surface area contributed by atoms with Crippen molar-refractivity contribution in [2.75, 3.05) is 6.54 Å². The first-order valence-electron chi connectivity index (χ1n) is 8.21. The lowest BCUT2D eigenvalue weighted by molar-refractivity contribution is 0.0589. The number of nitrogens with zero attached hydrogens (tertiary/aromatic N) is 3. The summed E-state index contributed by atoms with van der Waals surface area (Å²) >= 11 is 1.72. The first kappa shape index (κ1) is 14.0. The minimum atomic E-state index is 0.233. The Labute approximate surface area is 134 Å². The summed E-state index contributed by atoms with van der Waals surface area (Å²) in [5, 5.41) is 4.30. The van der Waals surface area contributed by atoms with E-state index >= 15 is 0 Å². The van der Waals surface area contributed by atoms with Gasteiger partial charge in [-0.2, -0.15) is 5.10 Å². The third-order valence-electron chi connectivity index (χ3n) is 4.80. The van der Waals surface area contributed by atoms with Crippen molar-refractivity contribution in [1.29, 1.82) is 0 Å². The Hall–Kier alpha value is -1.62. The molecule has 2 aromatic heterocycles. The van der Waals surface area contributed by atoms with Crippen LogP contribution < -0.4 is 0 Å². The molecule has 22 heavy (non-hydrogen) atoms. The second-order valence-electron chi connectivity index (χ2n) is 6.29. The molecular formula is C17H21N3OS. The van der Waals surface area contributed by atoms with Gasteiger partial charge >= 0.3 is 0 Å². The van der Waals surface area contributed by atoms with Crippen molar-refractivity contribution < 1.29 is 4.79 Å². The molecule has 0 N–H and O–H groups in total. The van der Waals surface area contributed by atoms with Gasteiger partial charge in [-0.3, -0.25) is 9.48 Å². The number of aryl methyl sites for hydroxylation is 2. The Morgan fingerprint density at radius 3 is 3.09 bits per heavy atom. The van der Waals surface area contributed by atoms with Crippen LogP contribution in [0, 0.1) is 0 Å². The number of aromatic nitrogens is 2. The largest absolute Gasteiger partial charge is 0.333 e. The van der Waals surface area contributed by atoms with Crippen LogP contribution in [0.5, 0.6) is 0 Å². The molecule has 3 heterocycles. The predicted octanol–water partition coefficient (Wildman–Crippen LogP) is 3.13. The Balaban J connectivity index is 1.53. The SMILES string of the molecule is O=C(c1cc2c(s1)CCC2)N1CCCC[C@@H]1Cn1cccn1. The second kappa shape index (κ2) is 5.88. The molecule has 2 aromatic rings. The molecule has 0 radical (unpaired) electrons. The summed E-state index contributed by atoms with van der Waals surface area (Å²) in [6.45, 7) is 1.69. The van der Waals surface area contributed by atoms with Crippen molar-refractivity contribution in [3.63, 3.8) is 0 Å². The van der Waals surface area contributed by atoms with Gasteiger partial charge in [0.2, 0.25) is 0 Å². The van der Waals surface area contributed by atoms with Crippen LogP contribution in [0.25, 0.3) is 0 Å². The summed E-state index contributed by atoms with van der Waals surface area (Å²) in [5.74, 6) is 0.233. The van der Waals surface area contributed by atoms with Crippen LogP contribution in [-0.2, 0) is 19.4 Å². The molecule has 0 unspecified atom stereocenters.